The third-order valence-corrected chi connectivity index (χ3v) is 4.03. The van der Waals surface area contributed by atoms with Crippen molar-refractivity contribution < 1.29 is 0 Å². The molecule has 0 aliphatic carbocycles. The third kappa shape index (κ3) is 2.40. The van der Waals surface area contributed by atoms with E-state index in [1.165, 1.54) is 11.3 Å². The van der Waals surface area contributed by atoms with E-state index in [2.05, 4.69) is 32.4 Å². The molecule has 4 aromatic rings. The molecule has 0 radical (unpaired) electrons. The number of pyridine rings is 1. The second-order valence-electron chi connectivity index (χ2n) is 4.64. The quantitative estimate of drug-likeness (QED) is 0.582. The van der Waals surface area contributed by atoms with Crippen LogP contribution in [0.15, 0.2) is 54.9 Å². The predicted molar refractivity (Wildman–Crippen MR) is 87.3 cm³/mol. The van der Waals surface area contributed by atoms with Gasteiger partial charge >= 0.3 is 0 Å². The number of hydrogen-bond acceptors (Lipinski definition) is 5. The average molecular weight is 305 g/mol. The summed E-state index contributed by atoms with van der Waals surface area (Å²) in [7, 11) is 0. The first-order chi connectivity index (χ1) is 10.9. The zero-order chi connectivity index (χ0) is 14.8. The fraction of sp³-hybridized carbons (Fsp3) is 0. The van der Waals surface area contributed by atoms with Crippen LogP contribution in [0.1, 0.15) is 10.6 Å². The molecule has 6 heteroatoms. The number of rotatable bonds is 3. The van der Waals surface area contributed by atoms with Gasteiger partial charge in [-0.3, -0.25) is 4.98 Å². The Bertz CT molecular complexity index is 925. The molecule has 106 valence electrons. The zero-order valence-corrected chi connectivity index (χ0v) is 12.3. The summed E-state index contributed by atoms with van der Waals surface area (Å²) in [5.41, 5.74) is 2.09. The Morgan fingerprint density at radius 3 is 2.55 bits per heavy atom. The van der Waals surface area contributed by atoms with Crippen LogP contribution in [-0.4, -0.2) is 24.8 Å². The molecule has 0 fully saturated rings. The van der Waals surface area contributed by atoms with Crippen molar-refractivity contribution in [2.45, 2.75) is 0 Å². The largest absolute Gasteiger partial charge is 0.265 e. The van der Waals surface area contributed by atoms with Crippen molar-refractivity contribution in [2.24, 2.45) is 0 Å². The van der Waals surface area contributed by atoms with E-state index in [-0.39, 0.29) is 0 Å². The number of fused-ring (bicyclic) bond motifs is 1. The lowest BCUT2D eigenvalue weighted by Crippen LogP contribution is -1.90. The van der Waals surface area contributed by atoms with Crippen LogP contribution < -0.4 is 0 Å². The second kappa shape index (κ2) is 5.50. The molecule has 0 aliphatic rings. The molecule has 0 atom stereocenters. The molecule has 0 unspecified atom stereocenters. The molecule has 0 saturated carbocycles. The van der Waals surface area contributed by atoms with E-state index in [1.54, 1.807) is 16.9 Å². The minimum Gasteiger partial charge on any atom is -0.265 e. The highest BCUT2D eigenvalue weighted by atomic mass is 32.1. The van der Waals surface area contributed by atoms with E-state index in [1.807, 2.05) is 42.5 Å². The van der Waals surface area contributed by atoms with E-state index < -0.39 is 0 Å². The summed E-state index contributed by atoms with van der Waals surface area (Å²) in [5.74, 6) is 0.730. The van der Waals surface area contributed by atoms with Gasteiger partial charge in [-0.2, -0.15) is 9.61 Å². The first kappa shape index (κ1) is 12.8. The molecule has 3 aromatic heterocycles. The monoisotopic (exact) mass is 305 g/mol. The zero-order valence-electron chi connectivity index (χ0n) is 11.5. The topological polar surface area (TPSA) is 56.0 Å². The predicted octanol–water partition coefficient (Wildman–Crippen LogP) is 3.42. The molecule has 0 N–H and O–H groups in total. The minimum absolute atomic E-state index is 0.730. The molecule has 4 rings (SSSR count). The molecular formula is C16H11N5S. The van der Waals surface area contributed by atoms with Crippen molar-refractivity contribution in [1.29, 1.82) is 0 Å². The Morgan fingerprint density at radius 2 is 1.73 bits per heavy atom. The van der Waals surface area contributed by atoms with Gasteiger partial charge in [0.15, 0.2) is 5.82 Å². The van der Waals surface area contributed by atoms with Crippen LogP contribution in [0.25, 0.3) is 28.5 Å². The van der Waals surface area contributed by atoms with Crippen molar-refractivity contribution in [2.75, 3.05) is 0 Å². The highest BCUT2D eigenvalue weighted by Crippen LogP contribution is 2.22. The van der Waals surface area contributed by atoms with Crippen LogP contribution in [0.2, 0.25) is 0 Å². The van der Waals surface area contributed by atoms with Crippen molar-refractivity contribution in [3.8, 4) is 11.4 Å². The summed E-state index contributed by atoms with van der Waals surface area (Å²) >= 11 is 1.51. The lowest BCUT2D eigenvalue weighted by molar-refractivity contribution is 0.959. The van der Waals surface area contributed by atoms with Crippen LogP contribution >= 0.6 is 11.3 Å². The summed E-state index contributed by atoms with van der Waals surface area (Å²) < 4.78 is 1.77. The summed E-state index contributed by atoms with van der Waals surface area (Å²) in [6.07, 6.45) is 7.50. The van der Waals surface area contributed by atoms with Gasteiger partial charge in [-0.15, -0.1) is 10.2 Å². The van der Waals surface area contributed by atoms with Gasteiger partial charge in [0.05, 0.1) is 0 Å². The van der Waals surface area contributed by atoms with Gasteiger partial charge in [0.1, 0.15) is 5.01 Å². The molecule has 0 amide bonds. The van der Waals surface area contributed by atoms with Crippen molar-refractivity contribution in [1.82, 2.24) is 24.8 Å². The van der Waals surface area contributed by atoms with Gasteiger partial charge in [-0.25, -0.2) is 0 Å². The van der Waals surface area contributed by atoms with Crippen LogP contribution in [0.4, 0.5) is 0 Å². The fourth-order valence-electron chi connectivity index (χ4n) is 2.11. The molecule has 22 heavy (non-hydrogen) atoms. The summed E-state index contributed by atoms with van der Waals surface area (Å²) in [6, 6.07) is 13.9. The van der Waals surface area contributed by atoms with Crippen LogP contribution in [0.5, 0.6) is 0 Å². The Balaban J connectivity index is 1.70. The summed E-state index contributed by atoms with van der Waals surface area (Å²) in [6.45, 7) is 0. The SMILES string of the molecule is C(=C\c1nn2c(-c3ccncc3)nnc2s1)/c1ccccc1. The van der Waals surface area contributed by atoms with E-state index in [0.29, 0.717) is 0 Å². The Hall–Kier alpha value is -2.86. The van der Waals surface area contributed by atoms with Gasteiger partial charge in [0.2, 0.25) is 4.96 Å². The van der Waals surface area contributed by atoms with Crippen molar-refractivity contribution >= 4 is 28.4 Å². The Labute approximate surface area is 130 Å². The molecule has 0 aliphatic heterocycles. The molecule has 5 nitrogen and oxygen atoms in total. The van der Waals surface area contributed by atoms with Crippen molar-refractivity contribution in [3.63, 3.8) is 0 Å². The van der Waals surface area contributed by atoms with Crippen LogP contribution in [-0.2, 0) is 0 Å². The first-order valence-corrected chi connectivity index (χ1v) is 7.57. The molecule has 1 aromatic carbocycles. The van der Waals surface area contributed by atoms with Gasteiger partial charge in [-0.05, 0) is 23.8 Å². The van der Waals surface area contributed by atoms with Crippen molar-refractivity contribution in [3.05, 3.63) is 65.4 Å². The second-order valence-corrected chi connectivity index (χ2v) is 5.63. The number of nitrogens with zero attached hydrogens (tertiary/aromatic N) is 5. The van der Waals surface area contributed by atoms with Crippen LogP contribution in [0.3, 0.4) is 0 Å². The number of benzene rings is 1. The van der Waals surface area contributed by atoms with E-state index in [9.17, 15) is 0 Å². The lowest BCUT2D eigenvalue weighted by atomic mass is 10.2. The fourth-order valence-corrected chi connectivity index (χ4v) is 2.85. The van der Waals surface area contributed by atoms with E-state index in [0.717, 1.165) is 26.9 Å². The number of hydrogen-bond donors (Lipinski definition) is 0. The Kier molecular flexibility index (Phi) is 3.21. The van der Waals surface area contributed by atoms with Gasteiger partial charge < -0.3 is 0 Å². The first-order valence-electron chi connectivity index (χ1n) is 6.76. The molecule has 0 bridgehead atoms. The van der Waals surface area contributed by atoms with E-state index >= 15 is 0 Å². The van der Waals surface area contributed by atoms with E-state index in [4.69, 9.17) is 0 Å². The smallest absolute Gasteiger partial charge is 0.235 e. The molecule has 3 heterocycles. The summed E-state index contributed by atoms with van der Waals surface area (Å²) in [4.78, 5) is 4.79. The average Bonchev–Trinajstić information content (AvgIpc) is 3.15. The normalized spacial score (nSPS) is 11.5. The lowest BCUT2D eigenvalue weighted by Gasteiger charge is -1.94. The van der Waals surface area contributed by atoms with Crippen LogP contribution in [0, 0.1) is 0 Å². The maximum atomic E-state index is 4.57. The number of aromatic nitrogens is 5. The molecule has 0 spiro atoms. The minimum atomic E-state index is 0.730. The highest BCUT2D eigenvalue weighted by Gasteiger charge is 2.11. The Morgan fingerprint density at radius 1 is 0.909 bits per heavy atom. The molecular weight excluding hydrogens is 294 g/mol. The van der Waals surface area contributed by atoms with Gasteiger partial charge in [0.25, 0.3) is 0 Å². The van der Waals surface area contributed by atoms with Gasteiger partial charge in [0, 0.05) is 18.0 Å². The third-order valence-electron chi connectivity index (χ3n) is 3.16. The highest BCUT2D eigenvalue weighted by molar-refractivity contribution is 7.17. The summed E-state index contributed by atoms with van der Waals surface area (Å²) in [5, 5.41) is 13.8. The van der Waals surface area contributed by atoms with Gasteiger partial charge in [-0.1, -0.05) is 47.7 Å². The molecule has 0 saturated heterocycles. The maximum Gasteiger partial charge on any atom is 0.235 e. The maximum absolute atomic E-state index is 4.57. The standard InChI is InChI=1S/C16H11N5S/c1-2-4-12(5-3-1)6-7-14-20-21-15(18-19-16(21)22-14)13-8-10-17-11-9-13/h1-11H/b7-6+.